The van der Waals surface area contributed by atoms with Gasteiger partial charge in [-0.3, -0.25) is 0 Å². The molecule has 0 saturated carbocycles. The zero-order valence-corrected chi connectivity index (χ0v) is 10.9. The average molecular weight is 302 g/mol. The molecule has 3 nitrogen and oxygen atoms in total. The molecule has 0 radical (unpaired) electrons. The van der Waals surface area contributed by atoms with Gasteiger partial charge in [-0.15, -0.1) is 0 Å². The molecular formula is C11H10BrClN2O. The van der Waals surface area contributed by atoms with Crippen LogP contribution < -0.4 is 5.32 Å². The van der Waals surface area contributed by atoms with Crippen LogP contribution in [0.4, 0.5) is 5.82 Å². The van der Waals surface area contributed by atoms with Gasteiger partial charge in [0.05, 0.1) is 17.3 Å². The van der Waals surface area contributed by atoms with Crippen LogP contribution in [0.25, 0.3) is 0 Å². The first-order valence-corrected chi connectivity index (χ1v) is 5.95. The Kier molecular flexibility index (Phi) is 3.51. The predicted molar refractivity (Wildman–Crippen MR) is 67.7 cm³/mol. The summed E-state index contributed by atoms with van der Waals surface area (Å²) >= 11 is 9.36. The van der Waals surface area contributed by atoms with Crippen LogP contribution >= 0.6 is 27.5 Å². The lowest BCUT2D eigenvalue weighted by atomic mass is 10.2. The van der Waals surface area contributed by atoms with Gasteiger partial charge in [0.15, 0.2) is 0 Å². The van der Waals surface area contributed by atoms with Crippen molar-refractivity contribution < 1.29 is 4.42 Å². The molecular weight excluding hydrogens is 291 g/mol. The zero-order chi connectivity index (χ0) is 11.5. The number of furan rings is 1. The molecule has 0 aromatic carbocycles. The summed E-state index contributed by atoms with van der Waals surface area (Å²) in [6, 6.07) is 5.58. The maximum atomic E-state index is 6.05. The minimum Gasteiger partial charge on any atom is -0.467 e. The quantitative estimate of drug-likeness (QED) is 0.920. The third-order valence-electron chi connectivity index (χ3n) is 2.13. The van der Waals surface area contributed by atoms with Gasteiger partial charge in [-0.25, -0.2) is 4.98 Å². The van der Waals surface area contributed by atoms with Crippen molar-refractivity contribution in [1.82, 2.24) is 4.98 Å². The molecule has 0 aliphatic rings. The Balaban J connectivity index is 2.15. The van der Waals surface area contributed by atoms with Crippen molar-refractivity contribution in [3.63, 3.8) is 0 Å². The number of nitrogens with one attached hydrogen (secondary N) is 1. The van der Waals surface area contributed by atoms with E-state index >= 15 is 0 Å². The lowest BCUT2D eigenvalue weighted by Gasteiger charge is -2.13. The van der Waals surface area contributed by atoms with Crippen molar-refractivity contribution in [2.45, 2.75) is 13.0 Å². The lowest BCUT2D eigenvalue weighted by Crippen LogP contribution is -2.07. The molecule has 2 aromatic heterocycles. The molecule has 1 unspecified atom stereocenters. The highest BCUT2D eigenvalue weighted by molar-refractivity contribution is 9.10. The molecule has 2 heterocycles. The summed E-state index contributed by atoms with van der Waals surface area (Å²) in [5.41, 5.74) is 0. The molecule has 0 aliphatic heterocycles. The summed E-state index contributed by atoms with van der Waals surface area (Å²) in [6.45, 7) is 1.99. The lowest BCUT2D eigenvalue weighted by molar-refractivity contribution is 0.490. The van der Waals surface area contributed by atoms with Crippen molar-refractivity contribution in [3.8, 4) is 0 Å². The molecule has 16 heavy (non-hydrogen) atoms. The number of pyridine rings is 1. The number of hydrogen-bond acceptors (Lipinski definition) is 3. The maximum Gasteiger partial charge on any atom is 0.145 e. The van der Waals surface area contributed by atoms with Gasteiger partial charge in [0.2, 0.25) is 0 Å². The Morgan fingerprint density at radius 2 is 2.38 bits per heavy atom. The number of nitrogens with zero attached hydrogens (tertiary/aromatic N) is 1. The second kappa shape index (κ2) is 4.89. The van der Waals surface area contributed by atoms with Crippen LogP contribution in [-0.2, 0) is 0 Å². The molecule has 0 bridgehead atoms. The van der Waals surface area contributed by atoms with Gasteiger partial charge >= 0.3 is 0 Å². The Labute approximate surface area is 107 Å². The topological polar surface area (TPSA) is 38.1 Å². The van der Waals surface area contributed by atoms with E-state index in [1.54, 1.807) is 18.5 Å². The van der Waals surface area contributed by atoms with E-state index in [-0.39, 0.29) is 6.04 Å². The molecule has 1 N–H and O–H groups in total. The van der Waals surface area contributed by atoms with Gasteiger partial charge in [0.1, 0.15) is 11.6 Å². The third kappa shape index (κ3) is 2.57. The van der Waals surface area contributed by atoms with Gasteiger partial charge in [-0.05, 0) is 41.1 Å². The number of rotatable bonds is 3. The van der Waals surface area contributed by atoms with E-state index in [9.17, 15) is 0 Å². The van der Waals surface area contributed by atoms with E-state index in [1.807, 2.05) is 19.1 Å². The summed E-state index contributed by atoms with van der Waals surface area (Å²) < 4.78 is 6.14. The summed E-state index contributed by atoms with van der Waals surface area (Å²) in [4.78, 5) is 4.20. The van der Waals surface area contributed by atoms with Crippen molar-refractivity contribution in [1.29, 1.82) is 0 Å². The van der Waals surface area contributed by atoms with E-state index in [0.29, 0.717) is 10.8 Å². The Morgan fingerprint density at radius 3 is 3.00 bits per heavy atom. The molecule has 0 spiro atoms. The normalized spacial score (nSPS) is 12.4. The van der Waals surface area contributed by atoms with Gasteiger partial charge in [-0.1, -0.05) is 11.6 Å². The van der Waals surface area contributed by atoms with Crippen LogP contribution in [0.15, 0.2) is 39.5 Å². The standard InChI is InChI=1S/C11H10BrClN2O/c1-7(10-3-2-4-16-10)15-11-9(13)5-8(12)6-14-11/h2-7H,1H3,(H,14,15). The second-order valence-electron chi connectivity index (χ2n) is 3.37. The highest BCUT2D eigenvalue weighted by atomic mass is 79.9. The summed E-state index contributed by atoms with van der Waals surface area (Å²) in [5.74, 6) is 1.49. The first-order chi connectivity index (χ1) is 7.66. The van der Waals surface area contributed by atoms with E-state index in [0.717, 1.165) is 10.2 Å². The van der Waals surface area contributed by atoms with Gasteiger partial charge < -0.3 is 9.73 Å². The van der Waals surface area contributed by atoms with Gasteiger partial charge in [0.25, 0.3) is 0 Å². The molecule has 2 rings (SSSR count). The van der Waals surface area contributed by atoms with E-state index in [4.69, 9.17) is 16.0 Å². The molecule has 0 aliphatic carbocycles. The summed E-state index contributed by atoms with van der Waals surface area (Å²) in [6.07, 6.45) is 3.34. The predicted octanol–water partition coefficient (Wildman–Crippen LogP) is 4.26. The van der Waals surface area contributed by atoms with Crippen molar-refractivity contribution in [3.05, 3.63) is 45.9 Å². The van der Waals surface area contributed by atoms with Crippen LogP contribution in [0.2, 0.25) is 5.02 Å². The molecule has 1 atom stereocenters. The second-order valence-corrected chi connectivity index (χ2v) is 4.69. The number of aromatic nitrogens is 1. The fourth-order valence-electron chi connectivity index (χ4n) is 1.33. The number of halogens is 2. The van der Waals surface area contributed by atoms with E-state index in [2.05, 4.69) is 26.2 Å². The molecule has 84 valence electrons. The van der Waals surface area contributed by atoms with Gasteiger partial charge in [-0.2, -0.15) is 0 Å². The third-order valence-corrected chi connectivity index (χ3v) is 2.85. The largest absolute Gasteiger partial charge is 0.467 e. The van der Waals surface area contributed by atoms with Gasteiger partial charge in [0, 0.05) is 10.7 Å². The van der Waals surface area contributed by atoms with E-state index < -0.39 is 0 Å². The van der Waals surface area contributed by atoms with Crippen molar-refractivity contribution in [2.24, 2.45) is 0 Å². The molecule has 5 heteroatoms. The Bertz CT molecular complexity index is 473. The first-order valence-electron chi connectivity index (χ1n) is 4.78. The molecule has 0 fully saturated rings. The van der Waals surface area contributed by atoms with Crippen molar-refractivity contribution in [2.75, 3.05) is 5.32 Å². The van der Waals surface area contributed by atoms with Crippen LogP contribution in [0.3, 0.4) is 0 Å². The smallest absolute Gasteiger partial charge is 0.145 e. The minimum atomic E-state index is 0.0289. The first kappa shape index (κ1) is 11.5. The number of anilines is 1. The SMILES string of the molecule is CC(Nc1ncc(Br)cc1Cl)c1ccco1. The fraction of sp³-hybridized carbons (Fsp3) is 0.182. The van der Waals surface area contributed by atoms with Crippen LogP contribution in [0.1, 0.15) is 18.7 Å². The monoisotopic (exact) mass is 300 g/mol. The molecule has 0 amide bonds. The maximum absolute atomic E-state index is 6.05. The molecule has 0 saturated heterocycles. The molecule has 2 aromatic rings. The van der Waals surface area contributed by atoms with Crippen LogP contribution in [-0.4, -0.2) is 4.98 Å². The van der Waals surface area contributed by atoms with E-state index in [1.165, 1.54) is 0 Å². The highest BCUT2D eigenvalue weighted by Gasteiger charge is 2.10. The average Bonchev–Trinajstić information content (AvgIpc) is 2.75. The summed E-state index contributed by atoms with van der Waals surface area (Å²) in [7, 11) is 0. The summed E-state index contributed by atoms with van der Waals surface area (Å²) in [5, 5.41) is 3.76. The minimum absolute atomic E-state index is 0.0289. The fourth-order valence-corrected chi connectivity index (χ4v) is 2.02. The number of hydrogen-bond donors (Lipinski definition) is 1. The Hall–Kier alpha value is -1.00. The highest BCUT2D eigenvalue weighted by Crippen LogP contribution is 2.26. The van der Waals surface area contributed by atoms with Crippen molar-refractivity contribution >= 4 is 33.3 Å². The van der Waals surface area contributed by atoms with Crippen LogP contribution in [0.5, 0.6) is 0 Å². The Morgan fingerprint density at radius 1 is 1.56 bits per heavy atom. The van der Waals surface area contributed by atoms with Crippen LogP contribution in [0, 0.1) is 0 Å². The zero-order valence-electron chi connectivity index (χ0n) is 8.58.